The average Bonchev–Trinajstić information content (AvgIpc) is 2.39. The second-order valence-electron chi connectivity index (χ2n) is 4.12. The maximum absolute atomic E-state index is 2.51. The summed E-state index contributed by atoms with van der Waals surface area (Å²) in [4.78, 5) is 6.36. The molecule has 2 nitrogen and oxygen atoms in total. The van der Waals surface area contributed by atoms with Crippen molar-refractivity contribution in [3.8, 4) is 0 Å². The van der Waals surface area contributed by atoms with Crippen LogP contribution in [0, 0.1) is 0 Å². The molecule has 0 radical (unpaired) electrons. The summed E-state index contributed by atoms with van der Waals surface area (Å²) < 4.78 is 0. The van der Waals surface area contributed by atoms with E-state index >= 15 is 0 Å². The van der Waals surface area contributed by atoms with Crippen molar-refractivity contribution in [2.75, 3.05) is 43.9 Å². The lowest BCUT2D eigenvalue weighted by atomic mass is 10.2. The van der Waals surface area contributed by atoms with E-state index in [0.29, 0.717) is 0 Å². The van der Waals surface area contributed by atoms with E-state index < -0.39 is 0 Å². The van der Waals surface area contributed by atoms with Crippen LogP contribution in [0.2, 0.25) is 0 Å². The highest BCUT2D eigenvalue weighted by Crippen LogP contribution is 2.22. The van der Waals surface area contributed by atoms with Crippen LogP contribution in [0.3, 0.4) is 0 Å². The number of benzene rings is 1. The number of hydrogen-bond acceptors (Lipinski definition) is 3. The predicted molar refractivity (Wildman–Crippen MR) is 72.6 cm³/mol. The maximum Gasteiger partial charge on any atom is 0.0378 e. The van der Waals surface area contributed by atoms with E-state index in [4.69, 9.17) is 0 Å². The lowest BCUT2D eigenvalue weighted by molar-refractivity contribution is 0.271. The van der Waals surface area contributed by atoms with Gasteiger partial charge in [0.2, 0.25) is 0 Å². The molecule has 1 aliphatic rings. The molecule has 0 atom stereocenters. The van der Waals surface area contributed by atoms with Crippen LogP contribution < -0.4 is 4.90 Å². The van der Waals surface area contributed by atoms with Gasteiger partial charge in [-0.25, -0.2) is 0 Å². The fraction of sp³-hybridized carbons (Fsp3) is 0.538. The fourth-order valence-corrected chi connectivity index (χ4v) is 2.58. The highest BCUT2D eigenvalue weighted by atomic mass is 32.2. The number of anilines is 1. The Labute approximate surface area is 103 Å². The van der Waals surface area contributed by atoms with Crippen LogP contribution in [0.25, 0.3) is 0 Å². The molecule has 0 N–H and O–H groups in total. The molecule has 3 heteroatoms. The van der Waals surface area contributed by atoms with Gasteiger partial charge in [-0.3, -0.25) is 0 Å². The van der Waals surface area contributed by atoms with Crippen molar-refractivity contribution in [2.24, 2.45) is 0 Å². The van der Waals surface area contributed by atoms with Crippen molar-refractivity contribution in [2.45, 2.75) is 11.8 Å². The number of nitrogens with zero attached hydrogens (tertiary/aromatic N) is 2. The van der Waals surface area contributed by atoms with Gasteiger partial charge in [0, 0.05) is 36.8 Å². The zero-order chi connectivity index (χ0) is 11.4. The maximum atomic E-state index is 2.51. The molecular weight excluding hydrogens is 216 g/mol. The fourth-order valence-electron chi connectivity index (χ4n) is 2.13. The molecule has 0 spiro atoms. The van der Waals surface area contributed by atoms with Gasteiger partial charge in [0.05, 0.1) is 0 Å². The Morgan fingerprint density at radius 2 is 1.94 bits per heavy atom. The third kappa shape index (κ3) is 2.71. The number of hydrogen-bond donors (Lipinski definition) is 0. The molecule has 1 fully saturated rings. The van der Waals surface area contributed by atoms with Crippen LogP contribution in [-0.2, 0) is 0 Å². The molecule has 0 unspecified atom stereocenters. The summed E-state index contributed by atoms with van der Waals surface area (Å²) in [6.07, 6.45) is 2.13. The molecular formula is C13H20N2S. The Kier molecular flexibility index (Phi) is 4.13. The van der Waals surface area contributed by atoms with Gasteiger partial charge in [0.1, 0.15) is 0 Å². The summed E-state index contributed by atoms with van der Waals surface area (Å²) in [5.74, 6) is 0. The van der Waals surface area contributed by atoms with Gasteiger partial charge < -0.3 is 9.80 Å². The molecule has 2 rings (SSSR count). The first-order valence-electron chi connectivity index (χ1n) is 5.95. The molecule has 0 amide bonds. The molecule has 0 aromatic heterocycles. The van der Waals surface area contributed by atoms with E-state index in [-0.39, 0.29) is 0 Å². The first-order chi connectivity index (χ1) is 7.83. The summed E-state index contributed by atoms with van der Waals surface area (Å²) in [5, 5.41) is 0. The number of likely N-dealkylation sites (N-methyl/N-ethyl adjacent to an activating group) is 1. The van der Waals surface area contributed by atoms with E-state index in [0.717, 1.165) is 13.1 Å². The van der Waals surface area contributed by atoms with Crippen LogP contribution in [0.1, 0.15) is 6.92 Å². The Hall–Kier alpha value is -0.670. The van der Waals surface area contributed by atoms with Crippen molar-refractivity contribution in [3.05, 3.63) is 24.3 Å². The molecule has 1 aromatic rings. The normalized spacial score (nSPS) is 17.8. The van der Waals surface area contributed by atoms with Gasteiger partial charge in [-0.05, 0) is 31.0 Å². The minimum Gasteiger partial charge on any atom is -0.369 e. The molecule has 1 heterocycles. The minimum absolute atomic E-state index is 1.16. The summed E-state index contributed by atoms with van der Waals surface area (Å²) in [6.45, 7) is 8.13. The highest BCUT2D eigenvalue weighted by molar-refractivity contribution is 7.98. The Morgan fingerprint density at radius 3 is 2.56 bits per heavy atom. The molecule has 1 aliphatic heterocycles. The molecule has 0 bridgehead atoms. The van der Waals surface area contributed by atoms with E-state index in [1.54, 1.807) is 0 Å². The second-order valence-corrected chi connectivity index (χ2v) is 5.00. The standard InChI is InChI=1S/C13H20N2S/c1-3-14-7-9-15(10-8-14)12-5-4-6-13(11-12)16-2/h4-6,11H,3,7-10H2,1-2H3. The van der Waals surface area contributed by atoms with Crippen LogP contribution in [0.5, 0.6) is 0 Å². The smallest absolute Gasteiger partial charge is 0.0378 e. The molecule has 0 saturated carbocycles. The summed E-state index contributed by atoms with van der Waals surface area (Å²) >= 11 is 1.81. The molecule has 0 aliphatic carbocycles. The van der Waals surface area contributed by atoms with E-state index in [1.165, 1.54) is 30.2 Å². The SMILES string of the molecule is CCN1CCN(c2cccc(SC)c2)CC1. The third-order valence-corrected chi connectivity index (χ3v) is 3.96. The van der Waals surface area contributed by atoms with Crippen LogP contribution >= 0.6 is 11.8 Å². The van der Waals surface area contributed by atoms with Gasteiger partial charge in [-0.2, -0.15) is 0 Å². The molecule has 88 valence electrons. The second kappa shape index (κ2) is 5.60. The number of thioether (sulfide) groups is 1. The van der Waals surface area contributed by atoms with Crippen molar-refractivity contribution < 1.29 is 0 Å². The van der Waals surface area contributed by atoms with Crippen LogP contribution in [0.4, 0.5) is 5.69 Å². The quantitative estimate of drug-likeness (QED) is 0.745. The lowest BCUT2D eigenvalue weighted by Gasteiger charge is -2.35. The first kappa shape index (κ1) is 11.8. The van der Waals surface area contributed by atoms with Gasteiger partial charge >= 0.3 is 0 Å². The largest absolute Gasteiger partial charge is 0.369 e. The van der Waals surface area contributed by atoms with E-state index in [2.05, 4.69) is 47.2 Å². The zero-order valence-electron chi connectivity index (χ0n) is 10.1. The van der Waals surface area contributed by atoms with Crippen molar-refractivity contribution in [1.29, 1.82) is 0 Å². The lowest BCUT2D eigenvalue weighted by Crippen LogP contribution is -2.46. The number of piperazine rings is 1. The van der Waals surface area contributed by atoms with Gasteiger partial charge in [-0.1, -0.05) is 13.0 Å². The van der Waals surface area contributed by atoms with Crippen LogP contribution in [-0.4, -0.2) is 43.9 Å². The summed E-state index contributed by atoms with van der Waals surface area (Å²) in [5.41, 5.74) is 1.38. The highest BCUT2D eigenvalue weighted by Gasteiger charge is 2.15. The van der Waals surface area contributed by atoms with E-state index in [9.17, 15) is 0 Å². The van der Waals surface area contributed by atoms with E-state index in [1.807, 2.05) is 11.8 Å². The van der Waals surface area contributed by atoms with Gasteiger partial charge in [0.25, 0.3) is 0 Å². The van der Waals surface area contributed by atoms with Crippen molar-refractivity contribution in [3.63, 3.8) is 0 Å². The topological polar surface area (TPSA) is 6.48 Å². The van der Waals surface area contributed by atoms with Gasteiger partial charge in [-0.15, -0.1) is 11.8 Å². The Balaban J connectivity index is 2.02. The molecule has 1 aromatic carbocycles. The minimum atomic E-state index is 1.16. The Morgan fingerprint density at radius 1 is 1.19 bits per heavy atom. The third-order valence-electron chi connectivity index (χ3n) is 3.24. The summed E-state index contributed by atoms with van der Waals surface area (Å²) in [6, 6.07) is 8.86. The monoisotopic (exact) mass is 236 g/mol. The van der Waals surface area contributed by atoms with Crippen molar-refractivity contribution >= 4 is 17.4 Å². The Bertz CT molecular complexity index is 332. The first-order valence-corrected chi connectivity index (χ1v) is 7.17. The van der Waals surface area contributed by atoms with Crippen molar-refractivity contribution in [1.82, 2.24) is 4.90 Å². The average molecular weight is 236 g/mol. The predicted octanol–water partition coefficient (Wildman–Crippen LogP) is 2.55. The molecule has 16 heavy (non-hydrogen) atoms. The molecule has 1 saturated heterocycles. The number of rotatable bonds is 3. The van der Waals surface area contributed by atoms with Crippen LogP contribution in [0.15, 0.2) is 29.2 Å². The summed E-state index contributed by atoms with van der Waals surface area (Å²) in [7, 11) is 0. The zero-order valence-corrected chi connectivity index (χ0v) is 11.0. The van der Waals surface area contributed by atoms with Gasteiger partial charge in [0.15, 0.2) is 0 Å².